The quantitative estimate of drug-likeness (QED) is 0.370. The summed E-state index contributed by atoms with van der Waals surface area (Å²) in [4.78, 5) is 11.3. The molecule has 0 aromatic heterocycles. The van der Waals surface area contributed by atoms with Crippen LogP contribution in [0.1, 0.15) is 6.92 Å². The first-order valence-corrected chi connectivity index (χ1v) is 5.60. The Balaban J connectivity index is 2.61. The molecule has 0 heterocycles. The number of anilines is 1. The van der Waals surface area contributed by atoms with Crippen molar-refractivity contribution in [1.82, 2.24) is 5.43 Å². The number of ether oxygens (including phenoxy) is 1. The van der Waals surface area contributed by atoms with Crippen LogP contribution in [0.2, 0.25) is 5.02 Å². The van der Waals surface area contributed by atoms with E-state index in [2.05, 4.69) is 10.9 Å². The van der Waals surface area contributed by atoms with Crippen LogP contribution in [-0.2, 0) is 9.53 Å². The summed E-state index contributed by atoms with van der Waals surface area (Å²) in [5.74, 6) is -0.673. The molecule has 5 nitrogen and oxygen atoms in total. The van der Waals surface area contributed by atoms with Gasteiger partial charge in [0.25, 0.3) is 0 Å². The van der Waals surface area contributed by atoms with Crippen LogP contribution >= 0.6 is 11.6 Å². The molecule has 1 aromatic rings. The summed E-state index contributed by atoms with van der Waals surface area (Å²) in [6, 6.07) is 8.80. The number of carbonyl (C=O) groups excluding carboxylic acids is 1. The third kappa shape index (κ3) is 4.00. The first kappa shape index (κ1) is 13.9. The second-order valence-corrected chi connectivity index (χ2v) is 3.55. The lowest BCUT2D eigenvalue weighted by Gasteiger charge is -2.07. The smallest absolute Gasteiger partial charge is 0.350 e. The summed E-state index contributed by atoms with van der Waals surface area (Å²) < 4.78 is 4.70. The van der Waals surface area contributed by atoms with Gasteiger partial charge in [-0.2, -0.15) is 5.26 Å². The second-order valence-electron chi connectivity index (χ2n) is 3.14. The van der Waals surface area contributed by atoms with Crippen molar-refractivity contribution in [2.75, 3.05) is 12.0 Å². The van der Waals surface area contributed by atoms with Crippen molar-refractivity contribution < 1.29 is 9.53 Å². The first-order valence-electron chi connectivity index (χ1n) is 5.22. The van der Waals surface area contributed by atoms with E-state index in [1.165, 1.54) is 6.20 Å². The molecule has 0 saturated heterocycles. The van der Waals surface area contributed by atoms with Crippen LogP contribution < -0.4 is 10.9 Å². The fraction of sp³-hybridized carbons (Fsp3) is 0.167. The molecule has 0 aliphatic carbocycles. The zero-order chi connectivity index (χ0) is 13.4. The number of rotatable bonds is 5. The number of nitrogens with one attached hydrogen (secondary N) is 2. The lowest BCUT2D eigenvalue weighted by Crippen LogP contribution is -2.18. The maximum Gasteiger partial charge on any atom is 0.350 e. The summed E-state index contributed by atoms with van der Waals surface area (Å²) in [7, 11) is 0. The monoisotopic (exact) mass is 265 g/mol. The van der Waals surface area contributed by atoms with Gasteiger partial charge in [0, 0.05) is 6.20 Å². The minimum absolute atomic E-state index is 0.128. The number of hydrazine groups is 1. The van der Waals surface area contributed by atoms with E-state index in [4.69, 9.17) is 21.6 Å². The van der Waals surface area contributed by atoms with Crippen LogP contribution in [0.15, 0.2) is 36.0 Å². The van der Waals surface area contributed by atoms with Crippen LogP contribution in [0.4, 0.5) is 5.69 Å². The van der Waals surface area contributed by atoms with E-state index in [9.17, 15) is 4.79 Å². The molecule has 2 N–H and O–H groups in total. The molecule has 0 unspecified atom stereocenters. The highest BCUT2D eigenvalue weighted by Crippen LogP contribution is 2.19. The van der Waals surface area contributed by atoms with E-state index in [0.717, 1.165) is 0 Å². The molecule has 0 saturated carbocycles. The molecular weight excluding hydrogens is 254 g/mol. The molecule has 0 radical (unpaired) electrons. The number of hydrogen-bond acceptors (Lipinski definition) is 5. The number of para-hydroxylation sites is 1. The number of benzene rings is 1. The largest absolute Gasteiger partial charge is 0.462 e. The van der Waals surface area contributed by atoms with E-state index in [0.29, 0.717) is 10.7 Å². The highest BCUT2D eigenvalue weighted by Gasteiger charge is 2.08. The molecule has 1 rings (SSSR count). The summed E-state index contributed by atoms with van der Waals surface area (Å²) in [5, 5.41) is 9.28. The van der Waals surface area contributed by atoms with Gasteiger partial charge < -0.3 is 10.2 Å². The normalized spacial score (nSPS) is 10.4. The van der Waals surface area contributed by atoms with Gasteiger partial charge in [-0.25, -0.2) is 4.79 Å². The van der Waals surface area contributed by atoms with Crippen LogP contribution in [0, 0.1) is 11.3 Å². The molecular formula is C12H12ClN3O2. The molecule has 1 aromatic carbocycles. The van der Waals surface area contributed by atoms with E-state index in [1.807, 2.05) is 0 Å². The number of esters is 1. The molecule has 0 spiro atoms. The lowest BCUT2D eigenvalue weighted by molar-refractivity contribution is -0.138. The van der Waals surface area contributed by atoms with Gasteiger partial charge in [0.15, 0.2) is 5.57 Å². The van der Waals surface area contributed by atoms with Gasteiger partial charge in [0.05, 0.1) is 17.3 Å². The fourth-order valence-electron chi connectivity index (χ4n) is 1.09. The Hall–Kier alpha value is -2.19. The number of halogens is 1. The van der Waals surface area contributed by atoms with Gasteiger partial charge in [-0.3, -0.25) is 5.43 Å². The Kier molecular flexibility index (Phi) is 5.55. The van der Waals surface area contributed by atoms with Crippen molar-refractivity contribution >= 4 is 23.3 Å². The van der Waals surface area contributed by atoms with Gasteiger partial charge in [0.2, 0.25) is 0 Å². The molecule has 0 amide bonds. The van der Waals surface area contributed by atoms with Crippen LogP contribution in [0.5, 0.6) is 0 Å². The zero-order valence-corrected chi connectivity index (χ0v) is 10.5. The van der Waals surface area contributed by atoms with Gasteiger partial charge in [-0.15, -0.1) is 0 Å². The summed E-state index contributed by atoms with van der Waals surface area (Å²) in [5.41, 5.74) is 5.88. The van der Waals surface area contributed by atoms with E-state index < -0.39 is 5.97 Å². The van der Waals surface area contributed by atoms with Crippen molar-refractivity contribution in [3.8, 4) is 6.07 Å². The fourth-order valence-corrected chi connectivity index (χ4v) is 1.28. The van der Waals surface area contributed by atoms with Crippen molar-refractivity contribution in [1.29, 1.82) is 5.26 Å². The highest BCUT2D eigenvalue weighted by atomic mass is 35.5. The molecule has 0 atom stereocenters. The lowest BCUT2D eigenvalue weighted by atomic mass is 10.3. The zero-order valence-electron chi connectivity index (χ0n) is 9.74. The summed E-state index contributed by atoms with van der Waals surface area (Å²) >= 11 is 5.91. The standard InChI is InChI=1S/C12H12ClN3O2/c1-2-18-12(17)9(7-14)8-15-16-11-6-4-3-5-10(11)13/h3-6,8,15-16H,2H2,1H3/b9-8+. The number of nitriles is 1. The Morgan fingerprint density at radius 1 is 1.56 bits per heavy atom. The Morgan fingerprint density at radius 3 is 2.89 bits per heavy atom. The molecule has 6 heteroatoms. The van der Waals surface area contributed by atoms with Crippen molar-refractivity contribution in [3.63, 3.8) is 0 Å². The van der Waals surface area contributed by atoms with E-state index >= 15 is 0 Å². The Morgan fingerprint density at radius 2 is 2.28 bits per heavy atom. The third-order valence-electron chi connectivity index (χ3n) is 1.91. The summed E-state index contributed by atoms with van der Waals surface area (Å²) in [6.07, 6.45) is 1.22. The molecule has 94 valence electrons. The number of nitrogens with zero attached hydrogens (tertiary/aromatic N) is 1. The third-order valence-corrected chi connectivity index (χ3v) is 2.24. The van der Waals surface area contributed by atoms with Crippen LogP contribution in [0.25, 0.3) is 0 Å². The van der Waals surface area contributed by atoms with E-state index in [-0.39, 0.29) is 12.2 Å². The number of carbonyl (C=O) groups is 1. The van der Waals surface area contributed by atoms with Gasteiger partial charge >= 0.3 is 5.97 Å². The molecule has 0 aliphatic heterocycles. The minimum atomic E-state index is -0.673. The van der Waals surface area contributed by atoms with Gasteiger partial charge in [-0.05, 0) is 19.1 Å². The highest BCUT2D eigenvalue weighted by molar-refractivity contribution is 6.33. The van der Waals surface area contributed by atoms with Gasteiger partial charge in [-0.1, -0.05) is 23.7 Å². The van der Waals surface area contributed by atoms with E-state index in [1.54, 1.807) is 37.3 Å². The summed E-state index contributed by atoms with van der Waals surface area (Å²) in [6.45, 7) is 1.89. The van der Waals surface area contributed by atoms with Crippen molar-refractivity contribution in [2.45, 2.75) is 6.92 Å². The van der Waals surface area contributed by atoms with Crippen molar-refractivity contribution in [3.05, 3.63) is 41.1 Å². The Bertz CT molecular complexity index is 494. The average Bonchev–Trinajstić information content (AvgIpc) is 2.37. The molecule has 0 bridgehead atoms. The van der Waals surface area contributed by atoms with Crippen molar-refractivity contribution in [2.24, 2.45) is 0 Å². The maximum absolute atomic E-state index is 11.3. The molecule has 0 fully saturated rings. The maximum atomic E-state index is 11.3. The first-order chi connectivity index (χ1) is 8.69. The number of hydrogen-bond donors (Lipinski definition) is 2. The average molecular weight is 266 g/mol. The van der Waals surface area contributed by atoms with Gasteiger partial charge in [0.1, 0.15) is 6.07 Å². The SMILES string of the molecule is CCOC(=O)/C(C#N)=C/NNc1ccccc1Cl. The molecule has 0 aliphatic rings. The predicted molar refractivity (Wildman–Crippen MR) is 68.5 cm³/mol. The molecule has 18 heavy (non-hydrogen) atoms. The van der Waals surface area contributed by atoms with Crippen LogP contribution in [-0.4, -0.2) is 12.6 Å². The topological polar surface area (TPSA) is 74.2 Å². The minimum Gasteiger partial charge on any atom is -0.462 e. The second kappa shape index (κ2) is 7.20. The van der Waals surface area contributed by atoms with Crippen LogP contribution in [0.3, 0.4) is 0 Å². The Labute approximate surface area is 110 Å². The predicted octanol–water partition coefficient (Wildman–Crippen LogP) is 2.23.